The van der Waals surface area contributed by atoms with Crippen molar-refractivity contribution in [3.63, 3.8) is 0 Å². The molecule has 2 N–H and O–H groups in total. The Labute approximate surface area is 76.5 Å². The number of nitrogens with zero attached hydrogens (tertiary/aromatic N) is 3. The van der Waals surface area contributed by atoms with Gasteiger partial charge in [-0.3, -0.25) is 0 Å². The molecule has 3 fully saturated rings. The Kier molecular flexibility index (Phi) is 1.38. The van der Waals surface area contributed by atoms with Gasteiger partial charge in [0.2, 0.25) is 0 Å². The van der Waals surface area contributed by atoms with Crippen LogP contribution >= 0.6 is 0 Å². The van der Waals surface area contributed by atoms with E-state index in [4.69, 9.17) is 0 Å². The largest absolute Gasteiger partial charge is 0.364 e. The Hall–Kier alpha value is -1.10. The summed E-state index contributed by atoms with van der Waals surface area (Å²) in [5.74, 6) is 1.82. The van der Waals surface area contributed by atoms with E-state index in [1.807, 2.05) is 7.05 Å². The molecule has 2 bridgehead atoms. The fraction of sp³-hybridized carbons (Fsp3) is 0.750. The summed E-state index contributed by atoms with van der Waals surface area (Å²) in [7, 11) is 1.91. The topological polar surface area (TPSA) is 54.8 Å². The monoisotopic (exact) mass is 179 g/mol. The summed E-state index contributed by atoms with van der Waals surface area (Å²) in [4.78, 5) is 0. The minimum Gasteiger partial charge on any atom is -0.364 e. The van der Waals surface area contributed by atoms with E-state index in [0.29, 0.717) is 12.1 Å². The zero-order chi connectivity index (χ0) is 8.84. The first-order valence-corrected chi connectivity index (χ1v) is 4.69. The minimum atomic E-state index is 0.595. The van der Waals surface area contributed by atoms with Crippen LogP contribution in [0, 0.1) is 5.92 Å². The number of hydrogen-bond acceptors (Lipinski definition) is 4. The van der Waals surface area contributed by atoms with E-state index in [1.54, 1.807) is 10.9 Å². The van der Waals surface area contributed by atoms with Crippen LogP contribution in [-0.2, 0) is 7.05 Å². The maximum absolute atomic E-state index is 3.88. The summed E-state index contributed by atoms with van der Waals surface area (Å²) < 4.78 is 1.78. The maximum Gasteiger partial charge on any atom is 0.144 e. The van der Waals surface area contributed by atoms with E-state index in [2.05, 4.69) is 20.9 Å². The lowest BCUT2D eigenvalue weighted by molar-refractivity contribution is 0.325. The molecule has 0 spiro atoms. The van der Waals surface area contributed by atoms with Crippen molar-refractivity contribution in [1.29, 1.82) is 0 Å². The first-order valence-electron chi connectivity index (χ1n) is 4.69. The number of nitrogens with one attached hydrogen (secondary N) is 2. The third-order valence-electron chi connectivity index (χ3n) is 3.17. The third kappa shape index (κ3) is 0.966. The summed E-state index contributed by atoms with van der Waals surface area (Å²) >= 11 is 0. The molecule has 0 aromatic carbocycles. The fourth-order valence-corrected chi connectivity index (χ4v) is 2.29. The summed E-state index contributed by atoms with van der Waals surface area (Å²) in [6.45, 7) is 1.16. The molecule has 70 valence electrons. The van der Waals surface area contributed by atoms with Crippen LogP contribution in [0.4, 0.5) is 5.82 Å². The van der Waals surface area contributed by atoms with E-state index in [0.717, 1.165) is 18.3 Å². The zero-order valence-electron chi connectivity index (χ0n) is 7.57. The molecule has 1 aromatic heterocycles. The van der Waals surface area contributed by atoms with Gasteiger partial charge in [-0.1, -0.05) is 5.21 Å². The van der Waals surface area contributed by atoms with Gasteiger partial charge in [0.15, 0.2) is 0 Å². The van der Waals surface area contributed by atoms with Gasteiger partial charge in [-0.05, 0) is 12.3 Å². The van der Waals surface area contributed by atoms with Crippen LogP contribution in [0.1, 0.15) is 6.42 Å². The Morgan fingerprint density at radius 1 is 1.69 bits per heavy atom. The molecule has 13 heavy (non-hydrogen) atoms. The lowest BCUT2D eigenvalue weighted by Crippen LogP contribution is -2.47. The first kappa shape index (κ1) is 7.32. The van der Waals surface area contributed by atoms with Crippen LogP contribution in [0.5, 0.6) is 0 Å². The Morgan fingerprint density at radius 3 is 3.15 bits per heavy atom. The van der Waals surface area contributed by atoms with E-state index in [-0.39, 0.29) is 0 Å². The SMILES string of the molecule is Cn1nncc1NC1C2CNC1C2. The molecule has 3 aliphatic rings. The predicted molar refractivity (Wildman–Crippen MR) is 48.3 cm³/mol. The van der Waals surface area contributed by atoms with Crippen LogP contribution in [-0.4, -0.2) is 33.6 Å². The summed E-state index contributed by atoms with van der Waals surface area (Å²) in [5, 5.41) is 14.6. The van der Waals surface area contributed by atoms with Crippen LogP contribution in [0.25, 0.3) is 0 Å². The van der Waals surface area contributed by atoms with Crippen molar-refractivity contribution < 1.29 is 0 Å². The smallest absolute Gasteiger partial charge is 0.144 e. The summed E-state index contributed by atoms with van der Waals surface area (Å²) in [5.41, 5.74) is 0. The van der Waals surface area contributed by atoms with Gasteiger partial charge in [0, 0.05) is 25.7 Å². The van der Waals surface area contributed by atoms with Crippen LogP contribution in [0.2, 0.25) is 0 Å². The van der Waals surface area contributed by atoms with Crippen molar-refractivity contribution in [2.24, 2.45) is 13.0 Å². The normalized spacial score (nSPS) is 35.9. The molecular formula is C8H13N5. The molecule has 2 saturated heterocycles. The fourth-order valence-electron chi connectivity index (χ4n) is 2.29. The quantitative estimate of drug-likeness (QED) is 0.648. The Balaban J connectivity index is 1.73. The van der Waals surface area contributed by atoms with Gasteiger partial charge in [0.05, 0.1) is 6.20 Å². The number of aryl methyl sites for hydroxylation is 1. The van der Waals surface area contributed by atoms with Crippen molar-refractivity contribution in [2.45, 2.75) is 18.5 Å². The van der Waals surface area contributed by atoms with Crippen LogP contribution in [0.15, 0.2) is 6.20 Å². The highest BCUT2D eigenvalue weighted by molar-refractivity contribution is 5.36. The number of hydrogen-bond donors (Lipinski definition) is 2. The molecule has 3 unspecified atom stereocenters. The molecule has 5 nitrogen and oxygen atoms in total. The van der Waals surface area contributed by atoms with Crippen molar-refractivity contribution in [3.05, 3.63) is 6.20 Å². The Morgan fingerprint density at radius 2 is 2.62 bits per heavy atom. The maximum atomic E-state index is 3.88. The zero-order valence-corrected chi connectivity index (χ0v) is 7.57. The molecule has 1 aliphatic carbocycles. The molecule has 2 aliphatic heterocycles. The number of fused-ring (bicyclic) bond motifs is 1. The van der Waals surface area contributed by atoms with Crippen LogP contribution < -0.4 is 10.6 Å². The van der Waals surface area contributed by atoms with Gasteiger partial charge in [-0.15, -0.1) is 5.10 Å². The standard InChI is InChI=1S/C8H13N5/c1-13-7(4-10-12-13)11-8-5-2-6(8)9-3-5/h4-6,8-9,11H,2-3H2,1H3. The second-order valence-electron chi connectivity index (χ2n) is 3.92. The molecular weight excluding hydrogens is 166 g/mol. The molecule has 1 aromatic rings. The van der Waals surface area contributed by atoms with E-state index in [9.17, 15) is 0 Å². The number of aromatic nitrogens is 3. The van der Waals surface area contributed by atoms with Crippen molar-refractivity contribution in [2.75, 3.05) is 11.9 Å². The number of anilines is 1. The summed E-state index contributed by atoms with van der Waals surface area (Å²) in [6, 6.07) is 1.26. The molecule has 1 saturated carbocycles. The molecule has 4 rings (SSSR count). The van der Waals surface area contributed by atoms with Gasteiger partial charge in [0.25, 0.3) is 0 Å². The van der Waals surface area contributed by atoms with Gasteiger partial charge < -0.3 is 10.6 Å². The average molecular weight is 179 g/mol. The highest BCUT2D eigenvalue weighted by Gasteiger charge is 2.46. The minimum absolute atomic E-state index is 0.595. The lowest BCUT2D eigenvalue weighted by atomic mass is 9.80. The predicted octanol–water partition coefficient (Wildman–Crippen LogP) is -0.413. The second-order valence-corrected chi connectivity index (χ2v) is 3.92. The molecule has 0 radical (unpaired) electrons. The van der Waals surface area contributed by atoms with Gasteiger partial charge >= 0.3 is 0 Å². The Bertz CT molecular complexity index is 306. The van der Waals surface area contributed by atoms with Crippen LogP contribution in [0.3, 0.4) is 0 Å². The van der Waals surface area contributed by atoms with Gasteiger partial charge in [-0.25, -0.2) is 4.68 Å². The van der Waals surface area contributed by atoms with E-state index >= 15 is 0 Å². The second kappa shape index (κ2) is 2.45. The molecule has 5 heteroatoms. The van der Waals surface area contributed by atoms with E-state index < -0.39 is 0 Å². The highest BCUT2D eigenvalue weighted by Crippen LogP contribution is 2.35. The number of rotatable bonds is 2. The molecule has 3 heterocycles. The molecule has 0 amide bonds. The molecule has 3 atom stereocenters. The highest BCUT2D eigenvalue weighted by atomic mass is 15.4. The van der Waals surface area contributed by atoms with Crippen molar-refractivity contribution in [1.82, 2.24) is 20.3 Å². The lowest BCUT2D eigenvalue weighted by Gasteiger charge is -2.35. The average Bonchev–Trinajstić information content (AvgIpc) is 2.74. The van der Waals surface area contributed by atoms with Crippen molar-refractivity contribution in [3.8, 4) is 0 Å². The first-order chi connectivity index (χ1) is 6.34. The van der Waals surface area contributed by atoms with Gasteiger partial charge in [-0.2, -0.15) is 0 Å². The third-order valence-corrected chi connectivity index (χ3v) is 3.17. The van der Waals surface area contributed by atoms with Crippen molar-refractivity contribution >= 4 is 5.82 Å². The van der Waals surface area contributed by atoms with Gasteiger partial charge in [0.1, 0.15) is 5.82 Å². The van der Waals surface area contributed by atoms with E-state index in [1.165, 1.54) is 6.42 Å². The summed E-state index contributed by atoms with van der Waals surface area (Å²) in [6.07, 6.45) is 3.10.